The predicted octanol–water partition coefficient (Wildman–Crippen LogP) is 11.2. The molecule has 0 aliphatic heterocycles. The molecule has 3 nitrogen and oxygen atoms in total. The van der Waals surface area contributed by atoms with E-state index in [2.05, 4.69) is 103 Å². The van der Waals surface area contributed by atoms with Gasteiger partial charge in [0.25, 0.3) is 0 Å². The van der Waals surface area contributed by atoms with Crippen molar-refractivity contribution in [2.24, 2.45) is 0 Å². The Morgan fingerprint density at radius 1 is 0.261 bits per heavy atom. The van der Waals surface area contributed by atoms with Crippen molar-refractivity contribution in [2.75, 3.05) is 0 Å². The summed E-state index contributed by atoms with van der Waals surface area (Å²) in [6.07, 6.45) is 0. The van der Waals surface area contributed by atoms with E-state index in [1.807, 2.05) is 60.7 Å². The van der Waals surface area contributed by atoms with Crippen molar-refractivity contribution in [2.45, 2.75) is 0 Å². The van der Waals surface area contributed by atoms with Gasteiger partial charge in [0.15, 0.2) is 17.5 Å². The molecule has 1 heterocycles. The Bertz CT molecular complexity index is 2520. The van der Waals surface area contributed by atoms with Crippen LogP contribution < -0.4 is 0 Å². The van der Waals surface area contributed by atoms with Gasteiger partial charge in [-0.3, -0.25) is 0 Å². The molecule has 0 fully saturated rings. The lowest BCUT2D eigenvalue weighted by Gasteiger charge is -2.15. The van der Waals surface area contributed by atoms with Crippen molar-refractivity contribution < 1.29 is 0 Å². The van der Waals surface area contributed by atoms with Crippen LogP contribution >= 0.6 is 0 Å². The molecule has 0 unspecified atom stereocenters. The largest absolute Gasteiger partial charge is 0.208 e. The van der Waals surface area contributed by atoms with E-state index in [1.165, 1.54) is 48.8 Å². The van der Waals surface area contributed by atoms with Crippen LogP contribution in [0.2, 0.25) is 0 Å². The second-order valence-electron chi connectivity index (χ2n) is 11.6. The summed E-state index contributed by atoms with van der Waals surface area (Å²) in [4.78, 5) is 14.8. The minimum atomic E-state index is 0.655. The summed E-state index contributed by atoms with van der Waals surface area (Å²) in [5.41, 5.74) is 5.32. The van der Waals surface area contributed by atoms with Gasteiger partial charge in [-0.05, 0) is 66.3 Å². The summed E-state index contributed by atoms with van der Waals surface area (Å²) in [6.45, 7) is 0. The Hall–Kier alpha value is -6.19. The predicted molar refractivity (Wildman–Crippen MR) is 192 cm³/mol. The first-order valence-electron chi connectivity index (χ1n) is 15.5. The molecule has 0 amide bonds. The number of rotatable bonds is 4. The normalized spacial score (nSPS) is 11.5. The van der Waals surface area contributed by atoms with E-state index in [-0.39, 0.29) is 0 Å². The third-order valence-electron chi connectivity index (χ3n) is 8.89. The van der Waals surface area contributed by atoms with Crippen molar-refractivity contribution in [3.05, 3.63) is 164 Å². The van der Waals surface area contributed by atoms with Gasteiger partial charge in [0.2, 0.25) is 0 Å². The maximum atomic E-state index is 4.97. The second kappa shape index (κ2) is 10.8. The highest BCUT2D eigenvalue weighted by molar-refractivity contribution is 6.22. The fraction of sp³-hybridized carbons (Fsp3) is 0. The van der Waals surface area contributed by atoms with E-state index < -0.39 is 0 Å². The summed E-state index contributed by atoms with van der Waals surface area (Å²) >= 11 is 0. The molecule has 3 heteroatoms. The van der Waals surface area contributed by atoms with Gasteiger partial charge in [-0.15, -0.1) is 0 Å². The zero-order valence-electron chi connectivity index (χ0n) is 24.9. The molecule has 0 saturated carbocycles. The first-order chi connectivity index (χ1) is 22.8. The lowest BCUT2D eigenvalue weighted by molar-refractivity contribution is 1.07. The molecule has 214 valence electrons. The van der Waals surface area contributed by atoms with Crippen molar-refractivity contribution >= 4 is 43.1 Å². The number of benzene rings is 8. The van der Waals surface area contributed by atoms with Crippen LogP contribution in [-0.2, 0) is 0 Å². The Labute approximate surface area is 266 Å². The molecule has 1 aromatic heterocycles. The van der Waals surface area contributed by atoms with Crippen molar-refractivity contribution in [3.8, 4) is 45.3 Å². The fourth-order valence-electron chi connectivity index (χ4n) is 6.68. The average Bonchev–Trinajstić information content (AvgIpc) is 3.14. The Balaban J connectivity index is 1.25. The Morgan fingerprint density at radius 3 is 1.52 bits per heavy atom. The van der Waals surface area contributed by atoms with Crippen LogP contribution in [0.25, 0.3) is 88.4 Å². The minimum absolute atomic E-state index is 0.655. The molecule has 46 heavy (non-hydrogen) atoms. The maximum absolute atomic E-state index is 4.97. The Morgan fingerprint density at radius 2 is 0.804 bits per heavy atom. The second-order valence-corrected chi connectivity index (χ2v) is 11.6. The zero-order chi connectivity index (χ0) is 30.5. The van der Waals surface area contributed by atoms with Crippen LogP contribution in [0.1, 0.15) is 0 Å². The minimum Gasteiger partial charge on any atom is -0.208 e. The van der Waals surface area contributed by atoms with Gasteiger partial charge < -0.3 is 0 Å². The van der Waals surface area contributed by atoms with Gasteiger partial charge in [0.05, 0.1) is 0 Å². The lowest BCUT2D eigenvalue weighted by Crippen LogP contribution is -2.00. The first-order valence-corrected chi connectivity index (χ1v) is 15.5. The third kappa shape index (κ3) is 4.41. The maximum Gasteiger partial charge on any atom is 0.164 e. The molecule has 0 radical (unpaired) electrons. The smallest absolute Gasteiger partial charge is 0.164 e. The SMILES string of the molecule is c1ccc(-c2nc(-c3ccccc3)nc(-c3ccc4c(-c5cc6c7ccccc7ccc6c6ccccc56)cccc4c3)n2)cc1. The van der Waals surface area contributed by atoms with Crippen molar-refractivity contribution in [1.82, 2.24) is 15.0 Å². The molecule has 0 aliphatic rings. The molecular weight excluding hydrogens is 558 g/mol. The average molecular weight is 586 g/mol. The molecule has 9 rings (SSSR count). The molecule has 0 saturated heterocycles. The highest BCUT2D eigenvalue weighted by atomic mass is 15.0. The third-order valence-corrected chi connectivity index (χ3v) is 8.89. The molecule has 0 atom stereocenters. The number of hydrogen-bond donors (Lipinski definition) is 0. The number of hydrogen-bond acceptors (Lipinski definition) is 3. The molecule has 0 spiro atoms. The molecule has 8 aromatic carbocycles. The van der Waals surface area contributed by atoms with Gasteiger partial charge in [-0.25, -0.2) is 15.0 Å². The lowest BCUT2D eigenvalue weighted by atomic mass is 9.89. The molecule has 0 aliphatic carbocycles. The Kier molecular flexibility index (Phi) is 6.14. The van der Waals surface area contributed by atoms with E-state index in [0.717, 1.165) is 22.1 Å². The fourth-order valence-corrected chi connectivity index (χ4v) is 6.68. The summed E-state index contributed by atoms with van der Waals surface area (Å²) in [5.74, 6) is 1.98. The number of aromatic nitrogens is 3. The molecule has 9 aromatic rings. The standard InChI is InChI=1S/C43H27N3/c1-3-13-29(14-4-1)41-44-42(30-15-5-2-6-16-30)46-43(45-41)32-23-24-34-31(26-32)17-11-21-35(34)40-27-39-33-18-8-7-12-28(33)22-25-38(39)36-19-9-10-20-37(36)40/h1-27H. The van der Waals surface area contributed by atoms with Crippen molar-refractivity contribution in [1.29, 1.82) is 0 Å². The summed E-state index contributed by atoms with van der Waals surface area (Å²) in [7, 11) is 0. The van der Waals surface area contributed by atoms with Gasteiger partial charge in [0.1, 0.15) is 0 Å². The summed E-state index contributed by atoms with van der Waals surface area (Å²) < 4.78 is 0. The van der Waals surface area contributed by atoms with Gasteiger partial charge in [-0.1, -0.05) is 152 Å². The van der Waals surface area contributed by atoms with Gasteiger partial charge in [-0.2, -0.15) is 0 Å². The van der Waals surface area contributed by atoms with Gasteiger partial charge in [0, 0.05) is 16.7 Å². The molecular formula is C43H27N3. The van der Waals surface area contributed by atoms with E-state index in [4.69, 9.17) is 15.0 Å². The zero-order valence-corrected chi connectivity index (χ0v) is 24.9. The molecule has 0 bridgehead atoms. The van der Waals surface area contributed by atoms with Crippen LogP contribution in [0.5, 0.6) is 0 Å². The molecule has 0 N–H and O–H groups in total. The number of nitrogens with zero attached hydrogens (tertiary/aromatic N) is 3. The van der Waals surface area contributed by atoms with Crippen LogP contribution in [0.15, 0.2) is 164 Å². The van der Waals surface area contributed by atoms with Gasteiger partial charge >= 0.3 is 0 Å². The van der Waals surface area contributed by atoms with E-state index in [0.29, 0.717) is 17.5 Å². The van der Waals surface area contributed by atoms with Crippen LogP contribution in [0.3, 0.4) is 0 Å². The van der Waals surface area contributed by atoms with Crippen LogP contribution in [-0.4, -0.2) is 15.0 Å². The van der Waals surface area contributed by atoms with Crippen molar-refractivity contribution in [3.63, 3.8) is 0 Å². The van der Waals surface area contributed by atoms with Crippen LogP contribution in [0, 0.1) is 0 Å². The number of fused-ring (bicyclic) bond motifs is 6. The summed E-state index contributed by atoms with van der Waals surface area (Å²) in [6, 6.07) is 57.7. The highest BCUT2D eigenvalue weighted by Crippen LogP contribution is 2.40. The highest BCUT2D eigenvalue weighted by Gasteiger charge is 2.15. The van der Waals surface area contributed by atoms with E-state index in [9.17, 15) is 0 Å². The van der Waals surface area contributed by atoms with E-state index in [1.54, 1.807) is 0 Å². The monoisotopic (exact) mass is 585 g/mol. The first kappa shape index (κ1) is 26.2. The van der Waals surface area contributed by atoms with E-state index >= 15 is 0 Å². The van der Waals surface area contributed by atoms with Crippen LogP contribution in [0.4, 0.5) is 0 Å². The summed E-state index contributed by atoms with van der Waals surface area (Å²) in [5, 5.41) is 9.91. The topological polar surface area (TPSA) is 38.7 Å². The quantitative estimate of drug-likeness (QED) is 0.193.